The van der Waals surface area contributed by atoms with E-state index >= 15 is 0 Å². The molecule has 3 nitrogen and oxygen atoms in total. The molecule has 0 aromatic rings. The fraction of sp³-hybridized carbons (Fsp3) is 0.929. The smallest absolute Gasteiger partial charge is 0.158 e. The van der Waals surface area contributed by atoms with Crippen molar-refractivity contribution in [1.29, 1.82) is 0 Å². The highest BCUT2D eigenvalue weighted by molar-refractivity contribution is 5.90. The van der Waals surface area contributed by atoms with Crippen LogP contribution in [0, 0.1) is 11.8 Å². The van der Waals surface area contributed by atoms with Crippen molar-refractivity contribution in [2.24, 2.45) is 11.8 Å². The van der Waals surface area contributed by atoms with Crippen molar-refractivity contribution in [1.82, 2.24) is 4.90 Å². The van der Waals surface area contributed by atoms with Crippen LogP contribution < -0.4 is 0 Å². The lowest BCUT2D eigenvalue weighted by atomic mass is 9.71. The van der Waals surface area contributed by atoms with Crippen molar-refractivity contribution in [3.8, 4) is 0 Å². The summed E-state index contributed by atoms with van der Waals surface area (Å²) in [5.41, 5.74) is -0.203. The molecule has 1 unspecified atom stereocenters. The second kappa shape index (κ2) is 5.07. The van der Waals surface area contributed by atoms with Crippen LogP contribution in [-0.2, 0) is 9.53 Å². The molecule has 1 atom stereocenters. The second-order valence-electron chi connectivity index (χ2n) is 6.03. The molecule has 2 aliphatic rings. The van der Waals surface area contributed by atoms with E-state index in [1.807, 2.05) is 0 Å². The summed E-state index contributed by atoms with van der Waals surface area (Å²) < 4.78 is 5.38. The third-order valence-electron chi connectivity index (χ3n) is 4.72. The van der Waals surface area contributed by atoms with Crippen LogP contribution in [0.1, 0.15) is 39.0 Å². The van der Waals surface area contributed by atoms with Crippen LogP contribution in [0.15, 0.2) is 0 Å². The molecule has 3 heteroatoms. The number of rotatable bonds is 3. The zero-order valence-electron chi connectivity index (χ0n) is 11.4. The summed E-state index contributed by atoms with van der Waals surface area (Å²) in [4.78, 5) is 14.9. The maximum atomic E-state index is 12.7. The number of ketones is 1. The first-order valence-corrected chi connectivity index (χ1v) is 6.86. The Labute approximate surface area is 105 Å². The summed E-state index contributed by atoms with van der Waals surface area (Å²) in [6, 6.07) is 0. The van der Waals surface area contributed by atoms with Gasteiger partial charge in [-0.2, -0.15) is 0 Å². The van der Waals surface area contributed by atoms with Gasteiger partial charge in [0.2, 0.25) is 0 Å². The van der Waals surface area contributed by atoms with Crippen LogP contribution in [0.4, 0.5) is 0 Å². The Morgan fingerprint density at radius 1 is 1.24 bits per heavy atom. The van der Waals surface area contributed by atoms with Gasteiger partial charge in [-0.25, -0.2) is 0 Å². The van der Waals surface area contributed by atoms with Gasteiger partial charge in [-0.05, 0) is 52.1 Å². The summed E-state index contributed by atoms with van der Waals surface area (Å²) in [6.07, 6.45) is 5.33. The Hall–Kier alpha value is -0.410. The first-order valence-electron chi connectivity index (χ1n) is 6.86. The van der Waals surface area contributed by atoms with Crippen molar-refractivity contribution in [2.45, 2.75) is 44.6 Å². The van der Waals surface area contributed by atoms with Gasteiger partial charge < -0.3 is 4.74 Å². The molecule has 17 heavy (non-hydrogen) atoms. The standard InChI is InChI=1S/C14H25NO2/c1-11-4-7-14(8-5-11,15(2)3)13(16)12-6-9-17-10-12/h11-12H,4-10H2,1-3H3. The van der Waals surface area contributed by atoms with Crippen LogP contribution in [0.25, 0.3) is 0 Å². The molecule has 1 aliphatic heterocycles. The Kier molecular flexibility index (Phi) is 3.88. The highest BCUT2D eigenvalue weighted by Crippen LogP contribution is 2.38. The van der Waals surface area contributed by atoms with Crippen molar-refractivity contribution in [3.63, 3.8) is 0 Å². The topological polar surface area (TPSA) is 29.5 Å². The van der Waals surface area contributed by atoms with Gasteiger partial charge >= 0.3 is 0 Å². The van der Waals surface area contributed by atoms with Crippen LogP contribution in [0.5, 0.6) is 0 Å². The average Bonchev–Trinajstić information content (AvgIpc) is 2.82. The lowest BCUT2D eigenvalue weighted by Gasteiger charge is -2.44. The minimum absolute atomic E-state index is 0.144. The van der Waals surface area contributed by atoms with Gasteiger partial charge in [-0.15, -0.1) is 0 Å². The minimum atomic E-state index is -0.203. The second-order valence-corrected chi connectivity index (χ2v) is 6.03. The zero-order valence-corrected chi connectivity index (χ0v) is 11.4. The summed E-state index contributed by atoms with van der Waals surface area (Å²) >= 11 is 0. The van der Waals surface area contributed by atoms with Crippen molar-refractivity contribution < 1.29 is 9.53 Å². The third kappa shape index (κ3) is 2.41. The Morgan fingerprint density at radius 2 is 1.88 bits per heavy atom. The number of nitrogens with zero attached hydrogens (tertiary/aromatic N) is 1. The van der Waals surface area contributed by atoms with Gasteiger partial charge in [-0.3, -0.25) is 9.69 Å². The van der Waals surface area contributed by atoms with Gasteiger partial charge in [0, 0.05) is 12.5 Å². The molecule has 98 valence electrons. The van der Waals surface area contributed by atoms with Crippen LogP contribution >= 0.6 is 0 Å². The van der Waals surface area contributed by atoms with E-state index in [9.17, 15) is 4.79 Å². The van der Waals surface area contributed by atoms with Crippen LogP contribution in [-0.4, -0.2) is 43.5 Å². The van der Waals surface area contributed by atoms with Gasteiger partial charge in [0.15, 0.2) is 5.78 Å². The molecule has 0 spiro atoms. The van der Waals surface area contributed by atoms with E-state index in [2.05, 4.69) is 25.9 Å². The maximum Gasteiger partial charge on any atom is 0.158 e. The molecular formula is C14H25NO2. The van der Waals surface area contributed by atoms with E-state index in [-0.39, 0.29) is 11.5 Å². The molecule has 0 bridgehead atoms. The number of likely N-dealkylation sites (N-methyl/N-ethyl adjacent to an activating group) is 1. The molecule has 0 aromatic carbocycles. The number of carbonyl (C=O) groups excluding carboxylic acids is 1. The van der Waals surface area contributed by atoms with Gasteiger partial charge in [0.1, 0.15) is 0 Å². The fourth-order valence-corrected chi connectivity index (χ4v) is 3.27. The molecule has 0 radical (unpaired) electrons. The molecule has 1 aliphatic carbocycles. The van der Waals surface area contributed by atoms with Gasteiger partial charge in [-0.1, -0.05) is 6.92 Å². The fourth-order valence-electron chi connectivity index (χ4n) is 3.27. The summed E-state index contributed by atoms with van der Waals surface area (Å²) in [6.45, 7) is 3.70. The first-order chi connectivity index (χ1) is 8.06. The molecular weight excluding hydrogens is 214 g/mol. The molecule has 1 saturated heterocycles. The van der Waals surface area contributed by atoms with E-state index < -0.39 is 0 Å². The molecule has 1 saturated carbocycles. The highest BCUT2D eigenvalue weighted by Gasteiger charge is 2.46. The van der Waals surface area contributed by atoms with Gasteiger partial charge in [0.05, 0.1) is 12.1 Å². The first kappa shape index (κ1) is 13.0. The van der Waals surface area contributed by atoms with E-state index in [1.54, 1.807) is 0 Å². The van der Waals surface area contributed by atoms with Crippen molar-refractivity contribution in [3.05, 3.63) is 0 Å². The molecule has 0 amide bonds. The van der Waals surface area contributed by atoms with Crippen molar-refractivity contribution >= 4 is 5.78 Å². The van der Waals surface area contributed by atoms with Crippen LogP contribution in [0.3, 0.4) is 0 Å². The quantitative estimate of drug-likeness (QED) is 0.755. The number of hydrogen-bond acceptors (Lipinski definition) is 3. The maximum absolute atomic E-state index is 12.7. The summed E-state index contributed by atoms with van der Waals surface area (Å²) in [7, 11) is 4.12. The highest BCUT2D eigenvalue weighted by atomic mass is 16.5. The summed E-state index contributed by atoms with van der Waals surface area (Å²) in [5.74, 6) is 1.36. The molecule has 2 rings (SSSR count). The number of Topliss-reactive ketones (excluding diaryl/α,β-unsaturated/α-hetero) is 1. The molecule has 2 fully saturated rings. The monoisotopic (exact) mass is 239 g/mol. The zero-order chi connectivity index (χ0) is 12.5. The SMILES string of the molecule is CC1CCC(C(=O)C2CCOC2)(N(C)C)CC1. The predicted octanol–water partition coefficient (Wildman–Crippen LogP) is 2.10. The van der Waals surface area contributed by atoms with E-state index in [1.165, 1.54) is 12.8 Å². The Balaban J connectivity index is 2.13. The summed E-state index contributed by atoms with van der Waals surface area (Å²) in [5, 5.41) is 0. The van der Waals surface area contributed by atoms with E-state index in [0.717, 1.165) is 31.8 Å². The van der Waals surface area contributed by atoms with Crippen LogP contribution in [0.2, 0.25) is 0 Å². The lowest BCUT2D eigenvalue weighted by Crippen LogP contribution is -2.55. The Morgan fingerprint density at radius 3 is 2.35 bits per heavy atom. The lowest BCUT2D eigenvalue weighted by molar-refractivity contribution is -0.136. The molecule has 0 aromatic heterocycles. The van der Waals surface area contributed by atoms with Gasteiger partial charge in [0.25, 0.3) is 0 Å². The van der Waals surface area contributed by atoms with E-state index in [0.29, 0.717) is 12.4 Å². The molecule has 1 heterocycles. The van der Waals surface area contributed by atoms with E-state index in [4.69, 9.17) is 4.74 Å². The average molecular weight is 239 g/mol. The minimum Gasteiger partial charge on any atom is -0.381 e. The number of hydrogen-bond donors (Lipinski definition) is 0. The normalized spacial score (nSPS) is 38.6. The largest absolute Gasteiger partial charge is 0.381 e. The Bertz CT molecular complexity index is 274. The number of ether oxygens (including phenoxy) is 1. The predicted molar refractivity (Wildman–Crippen MR) is 68.0 cm³/mol. The number of carbonyl (C=O) groups is 1. The van der Waals surface area contributed by atoms with Crippen molar-refractivity contribution in [2.75, 3.05) is 27.3 Å². The third-order valence-corrected chi connectivity index (χ3v) is 4.72. The molecule has 0 N–H and O–H groups in total.